The molecule has 1 aromatic rings. The first-order valence-corrected chi connectivity index (χ1v) is 4.83. The van der Waals surface area contributed by atoms with E-state index in [-0.39, 0.29) is 12.3 Å². The van der Waals surface area contributed by atoms with E-state index in [1.54, 1.807) is 6.07 Å². The SMILES string of the molecule is NCC(=O)c1ccccc1C1=NCCO1. The molecule has 0 saturated carbocycles. The summed E-state index contributed by atoms with van der Waals surface area (Å²) >= 11 is 0. The van der Waals surface area contributed by atoms with Crippen LogP contribution < -0.4 is 5.73 Å². The summed E-state index contributed by atoms with van der Waals surface area (Å²) < 4.78 is 5.33. The molecule has 0 fully saturated rings. The van der Waals surface area contributed by atoms with E-state index < -0.39 is 0 Å². The lowest BCUT2D eigenvalue weighted by Crippen LogP contribution is -2.17. The number of benzene rings is 1. The van der Waals surface area contributed by atoms with E-state index in [0.29, 0.717) is 24.6 Å². The quantitative estimate of drug-likeness (QED) is 0.733. The molecule has 0 atom stereocenters. The van der Waals surface area contributed by atoms with Crippen LogP contribution in [0, 0.1) is 0 Å². The molecular weight excluding hydrogens is 192 g/mol. The maximum atomic E-state index is 11.6. The van der Waals surface area contributed by atoms with Crippen LogP contribution in [-0.4, -0.2) is 31.4 Å². The third-order valence-corrected chi connectivity index (χ3v) is 2.23. The highest BCUT2D eigenvalue weighted by molar-refractivity contribution is 6.08. The average molecular weight is 204 g/mol. The number of hydrogen-bond donors (Lipinski definition) is 1. The van der Waals surface area contributed by atoms with Gasteiger partial charge in [-0.15, -0.1) is 0 Å². The lowest BCUT2D eigenvalue weighted by atomic mass is 10.0. The van der Waals surface area contributed by atoms with Gasteiger partial charge in [0.15, 0.2) is 5.78 Å². The highest BCUT2D eigenvalue weighted by Crippen LogP contribution is 2.13. The normalized spacial score (nSPS) is 14.6. The van der Waals surface area contributed by atoms with Crippen molar-refractivity contribution in [2.24, 2.45) is 10.7 Å². The Morgan fingerprint density at radius 3 is 2.93 bits per heavy atom. The molecule has 0 bridgehead atoms. The molecule has 2 rings (SSSR count). The third-order valence-electron chi connectivity index (χ3n) is 2.23. The number of carbonyl (C=O) groups excluding carboxylic acids is 1. The summed E-state index contributed by atoms with van der Waals surface area (Å²) in [7, 11) is 0. The van der Waals surface area contributed by atoms with E-state index in [9.17, 15) is 4.79 Å². The van der Waals surface area contributed by atoms with Gasteiger partial charge in [-0.2, -0.15) is 0 Å². The van der Waals surface area contributed by atoms with Crippen molar-refractivity contribution in [3.05, 3.63) is 35.4 Å². The molecule has 1 heterocycles. The van der Waals surface area contributed by atoms with Gasteiger partial charge >= 0.3 is 0 Å². The van der Waals surface area contributed by atoms with Crippen LogP contribution in [0.4, 0.5) is 0 Å². The van der Waals surface area contributed by atoms with Crippen LogP contribution in [0.25, 0.3) is 0 Å². The Labute approximate surface area is 87.8 Å². The molecule has 0 saturated heterocycles. The van der Waals surface area contributed by atoms with Crippen molar-refractivity contribution in [1.29, 1.82) is 0 Å². The molecular formula is C11H12N2O2. The molecule has 0 unspecified atom stereocenters. The molecule has 78 valence electrons. The van der Waals surface area contributed by atoms with Gasteiger partial charge in [-0.05, 0) is 6.07 Å². The Morgan fingerprint density at radius 2 is 2.27 bits per heavy atom. The maximum absolute atomic E-state index is 11.6. The number of rotatable bonds is 3. The second kappa shape index (κ2) is 4.23. The fourth-order valence-electron chi connectivity index (χ4n) is 1.52. The van der Waals surface area contributed by atoms with Crippen LogP contribution in [-0.2, 0) is 4.74 Å². The Hall–Kier alpha value is -1.68. The number of Topliss-reactive ketones (excluding diaryl/α,β-unsaturated/α-hetero) is 1. The van der Waals surface area contributed by atoms with Crippen LogP contribution in [0.1, 0.15) is 15.9 Å². The van der Waals surface area contributed by atoms with Crippen LogP contribution in [0.15, 0.2) is 29.3 Å². The second-order valence-electron chi connectivity index (χ2n) is 3.21. The number of ketones is 1. The van der Waals surface area contributed by atoms with Gasteiger partial charge in [0.1, 0.15) is 6.61 Å². The predicted molar refractivity (Wildman–Crippen MR) is 57.2 cm³/mol. The van der Waals surface area contributed by atoms with E-state index in [0.717, 1.165) is 5.56 Å². The van der Waals surface area contributed by atoms with Gasteiger partial charge in [-0.25, -0.2) is 4.99 Å². The highest BCUT2D eigenvalue weighted by Gasteiger charge is 2.17. The highest BCUT2D eigenvalue weighted by atomic mass is 16.5. The molecule has 0 radical (unpaired) electrons. The summed E-state index contributed by atoms with van der Waals surface area (Å²) in [6.07, 6.45) is 0. The minimum absolute atomic E-state index is 0.00426. The van der Waals surface area contributed by atoms with Crippen LogP contribution in [0.3, 0.4) is 0 Å². The zero-order chi connectivity index (χ0) is 10.7. The van der Waals surface area contributed by atoms with Gasteiger partial charge in [0.25, 0.3) is 0 Å². The Morgan fingerprint density at radius 1 is 1.47 bits per heavy atom. The molecule has 0 spiro atoms. The Bertz CT molecular complexity index is 413. The van der Waals surface area contributed by atoms with Crippen LogP contribution in [0.2, 0.25) is 0 Å². The molecule has 1 aliphatic heterocycles. The zero-order valence-corrected chi connectivity index (χ0v) is 8.27. The van der Waals surface area contributed by atoms with Crippen molar-refractivity contribution < 1.29 is 9.53 Å². The van der Waals surface area contributed by atoms with Crippen LogP contribution >= 0.6 is 0 Å². The summed E-state index contributed by atoms with van der Waals surface area (Å²) in [5, 5.41) is 0. The number of nitrogens with zero attached hydrogens (tertiary/aromatic N) is 1. The fourth-order valence-corrected chi connectivity index (χ4v) is 1.52. The fraction of sp³-hybridized carbons (Fsp3) is 0.273. The molecule has 4 heteroatoms. The van der Waals surface area contributed by atoms with Crippen molar-refractivity contribution in [1.82, 2.24) is 0 Å². The largest absolute Gasteiger partial charge is 0.475 e. The van der Waals surface area contributed by atoms with Gasteiger partial charge in [0, 0.05) is 11.1 Å². The minimum Gasteiger partial charge on any atom is -0.475 e. The van der Waals surface area contributed by atoms with Crippen molar-refractivity contribution in [2.45, 2.75) is 0 Å². The number of aliphatic imine (C=N–C) groups is 1. The maximum Gasteiger partial charge on any atom is 0.217 e. The summed E-state index contributed by atoms with van der Waals surface area (Å²) in [5.41, 5.74) is 6.67. The lowest BCUT2D eigenvalue weighted by molar-refractivity contribution is 0.100. The predicted octanol–water partition coefficient (Wildman–Crippen LogP) is 0.605. The molecule has 0 amide bonds. The first-order valence-electron chi connectivity index (χ1n) is 4.83. The molecule has 2 N–H and O–H groups in total. The van der Waals surface area contributed by atoms with Gasteiger partial charge < -0.3 is 10.5 Å². The molecule has 1 aromatic carbocycles. The molecule has 1 aliphatic rings. The van der Waals surface area contributed by atoms with Crippen LogP contribution in [0.5, 0.6) is 0 Å². The van der Waals surface area contributed by atoms with E-state index in [1.165, 1.54) is 0 Å². The van der Waals surface area contributed by atoms with Gasteiger partial charge in [0.2, 0.25) is 5.90 Å². The zero-order valence-electron chi connectivity index (χ0n) is 8.27. The van der Waals surface area contributed by atoms with E-state index in [1.807, 2.05) is 18.2 Å². The summed E-state index contributed by atoms with van der Waals surface area (Å²) in [5.74, 6) is 0.455. The Kier molecular flexibility index (Phi) is 2.78. The average Bonchev–Trinajstić information content (AvgIpc) is 2.81. The van der Waals surface area contributed by atoms with Crippen molar-refractivity contribution >= 4 is 11.7 Å². The smallest absolute Gasteiger partial charge is 0.217 e. The summed E-state index contributed by atoms with van der Waals surface area (Å²) in [6, 6.07) is 7.23. The van der Waals surface area contributed by atoms with Crippen molar-refractivity contribution in [3.8, 4) is 0 Å². The number of hydrogen-bond acceptors (Lipinski definition) is 4. The summed E-state index contributed by atoms with van der Waals surface area (Å²) in [6.45, 7) is 1.24. The number of ether oxygens (including phenoxy) is 1. The first kappa shape index (κ1) is 9.86. The topological polar surface area (TPSA) is 64.7 Å². The lowest BCUT2D eigenvalue weighted by Gasteiger charge is -2.06. The molecule has 0 aliphatic carbocycles. The van der Waals surface area contributed by atoms with Crippen molar-refractivity contribution in [3.63, 3.8) is 0 Å². The Balaban J connectivity index is 2.41. The number of carbonyl (C=O) groups is 1. The van der Waals surface area contributed by atoms with E-state index >= 15 is 0 Å². The molecule has 0 aromatic heterocycles. The van der Waals surface area contributed by atoms with Crippen molar-refractivity contribution in [2.75, 3.05) is 19.7 Å². The molecule has 15 heavy (non-hydrogen) atoms. The third kappa shape index (κ3) is 1.89. The van der Waals surface area contributed by atoms with Gasteiger partial charge in [-0.1, -0.05) is 18.2 Å². The minimum atomic E-state index is -0.0937. The monoisotopic (exact) mass is 204 g/mol. The van der Waals surface area contributed by atoms with E-state index in [2.05, 4.69) is 4.99 Å². The number of nitrogens with two attached hydrogens (primary N) is 1. The standard InChI is InChI=1S/C11H12N2O2/c12-7-10(14)8-3-1-2-4-9(8)11-13-5-6-15-11/h1-4H,5-7,12H2. The second-order valence-corrected chi connectivity index (χ2v) is 3.21. The first-order chi connectivity index (χ1) is 7.33. The van der Waals surface area contributed by atoms with E-state index in [4.69, 9.17) is 10.5 Å². The summed E-state index contributed by atoms with van der Waals surface area (Å²) in [4.78, 5) is 15.7. The molecule has 4 nitrogen and oxygen atoms in total. The van der Waals surface area contributed by atoms with Gasteiger partial charge in [-0.3, -0.25) is 4.79 Å². The van der Waals surface area contributed by atoms with Gasteiger partial charge in [0.05, 0.1) is 13.1 Å².